The summed E-state index contributed by atoms with van der Waals surface area (Å²) in [6, 6.07) is 2.32. The van der Waals surface area contributed by atoms with Crippen molar-refractivity contribution in [2.45, 2.75) is 39.2 Å². The van der Waals surface area contributed by atoms with Gasteiger partial charge in [-0.25, -0.2) is 0 Å². The summed E-state index contributed by atoms with van der Waals surface area (Å²) in [6.07, 6.45) is 4.17. The van der Waals surface area contributed by atoms with E-state index in [1.165, 1.54) is 25.8 Å². The SMILES string of the molecule is CCNC(C#N)CN(CC)CC1CCC1. The minimum atomic E-state index is -0.00461. The Morgan fingerprint density at radius 1 is 1.47 bits per heavy atom. The molecule has 3 nitrogen and oxygen atoms in total. The van der Waals surface area contributed by atoms with Gasteiger partial charge in [-0.2, -0.15) is 5.26 Å². The summed E-state index contributed by atoms with van der Waals surface area (Å²) < 4.78 is 0. The fourth-order valence-electron chi connectivity index (χ4n) is 2.03. The Labute approximate surface area is 93.5 Å². The monoisotopic (exact) mass is 209 g/mol. The third kappa shape index (κ3) is 4.19. The summed E-state index contributed by atoms with van der Waals surface area (Å²) in [5.41, 5.74) is 0. The van der Waals surface area contributed by atoms with Crippen molar-refractivity contribution in [2.24, 2.45) is 5.92 Å². The molecule has 1 saturated carbocycles. The van der Waals surface area contributed by atoms with E-state index >= 15 is 0 Å². The molecule has 0 aromatic carbocycles. The molecule has 0 amide bonds. The molecule has 1 unspecified atom stereocenters. The van der Waals surface area contributed by atoms with Gasteiger partial charge in [0.25, 0.3) is 0 Å². The van der Waals surface area contributed by atoms with E-state index in [-0.39, 0.29) is 6.04 Å². The summed E-state index contributed by atoms with van der Waals surface area (Å²) >= 11 is 0. The summed E-state index contributed by atoms with van der Waals surface area (Å²) in [7, 11) is 0. The summed E-state index contributed by atoms with van der Waals surface area (Å²) in [6.45, 7) is 8.21. The Kier molecular flexibility index (Phi) is 5.67. The molecule has 1 rings (SSSR count). The van der Waals surface area contributed by atoms with Crippen molar-refractivity contribution in [1.82, 2.24) is 10.2 Å². The molecule has 1 N–H and O–H groups in total. The minimum absolute atomic E-state index is 0.00461. The van der Waals surface area contributed by atoms with Crippen LogP contribution in [0, 0.1) is 17.2 Å². The number of rotatable bonds is 7. The van der Waals surface area contributed by atoms with Gasteiger partial charge >= 0.3 is 0 Å². The van der Waals surface area contributed by atoms with Crippen LogP contribution in [-0.4, -0.2) is 37.1 Å². The number of nitrogens with zero attached hydrogens (tertiary/aromatic N) is 2. The molecule has 0 aromatic rings. The number of nitrogens with one attached hydrogen (secondary N) is 1. The van der Waals surface area contributed by atoms with Gasteiger partial charge in [0.2, 0.25) is 0 Å². The Bertz CT molecular complexity index is 205. The predicted molar refractivity (Wildman–Crippen MR) is 62.5 cm³/mol. The molecule has 0 aliphatic heterocycles. The maximum Gasteiger partial charge on any atom is 0.108 e. The predicted octanol–water partition coefficient (Wildman–Crippen LogP) is 1.61. The van der Waals surface area contributed by atoms with Crippen LogP contribution >= 0.6 is 0 Å². The number of likely N-dealkylation sites (N-methyl/N-ethyl adjacent to an activating group) is 2. The molecule has 1 aliphatic carbocycles. The van der Waals surface area contributed by atoms with Crippen LogP contribution in [0.25, 0.3) is 0 Å². The van der Waals surface area contributed by atoms with Crippen molar-refractivity contribution in [3.63, 3.8) is 0 Å². The fraction of sp³-hybridized carbons (Fsp3) is 0.917. The average Bonchev–Trinajstić information content (AvgIpc) is 2.20. The number of nitriles is 1. The second-order valence-corrected chi connectivity index (χ2v) is 4.39. The van der Waals surface area contributed by atoms with Crippen LogP contribution in [0.1, 0.15) is 33.1 Å². The van der Waals surface area contributed by atoms with Crippen molar-refractivity contribution in [3.8, 4) is 6.07 Å². The molecular formula is C12H23N3. The molecule has 0 bridgehead atoms. The molecule has 0 spiro atoms. The van der Waals surface area contributed by atoms with Crippen molar-refractivity contribution < 1.29 is 0 Å². The zero-order chi connectivity index (χ0) is 11.1. The van der Waals surface area contributed by atoms with Crippen molar-refractivity contribution >= 4 is 0 Å². The highest BCUT2D eigenvalue weighted by atomic mass is 15.1. The zero-order valence-electron chi connectivity index (χ0n) is 10.00. The molecule has 3 heteroatoms. The van der Waals surface area contributed by atoms with Gasteiger partial charge in [-0.1, -0.05) is 20.3 Å². The third-order valence-electron chi connectivity index (χ3n) is 3.24. The number of hydrogen-bond acceptors (Lipinski definition) is 3. The lowest BCUT2D eigenvalue weighted by Crippen LogP contribution is -2.42. The van der Waals surface area contributed by atoms with E-state index in [0.717, 1.165) is 25.6 Å². The van der Waals surface area contributed by atoms with Crippen LogP contribution in [0.4, 0.5) is 0 Å². The van der Waals surface area contributed by atoms with Gasteiger partial charge in [-0.3, -0.25) is 0 Å². The molecule has 1 fully saturated rings. The smallest absolute Gasteiger partial charge is 0.108 e. The standard InChI is InChI=1S/C12H23N3/c1-3-14-12(8-13)10-15(4-2)9-11-6-5-7-11/h11-12,14H,3-7,9-10H2,1-2H3. The van der Waals surface area contributed by atoms with E-state index in [9.17, 15) is 0 Å². The van der Waals surface area contributed by atoms with E-state index < -0.39 is 0 Å². The lowest BCUT2D eigenvalue weighted by atomic mass is 9.85. The van der Waals surface area contributed by atoms with Crippen LogP contribution in [0.2, 0.25) is 0 Å². The first-order valence-corrected chi connectivity index (χ1v) is 6.15. The molecule has 86 valence electrons. The van der Waals surface area contributed by atoms with Crippen molar-refractivity contribution in [2.75, 3.05) is 26.2 Å². The van der Waals surface area contributed by atoms with Gasteiger partial charge in [-0.05, 0) is 31.8 Å². The second-order valence-electron chi connectivity index (χ2n) is 4.39. The molecule has 15 heavy (non-hydrogen) atoms. The first kappa shape index (κ1) is 12.5. The first-order valence-electron chi connectivity index (χ1n) is 6.15. The Morgan fingerprint density at radius 3 is 2.60 bits per heavy atom. The van der Waals surface area contributed by atoms with Gasteiger partial charge in [0.15, 0.2) is 0 Å². The first-order chi connectivity index (χ1) is 7.30. The highest BCUT2D eigenvalue weighted by Crippen LogP contribution is 2.26. The van der Waals surface area contributed by atoms with Crippen LogP contribution in [-0.2, 0) is 0 Å². The minimum Gasteiger partial charge on any atom is -0.301 e. The van der Waals surface area contributed by atoms with Gasteiger partial charge in [-0.15, -0.1) is 0 Å². The van der Waals surface area contributed by atoms with Crippen molar-refractivity contribution in [3.05, 3.63) is 0 Å². The van der Waals surface area contributed by atoms with E-state index in [4.69, 9.17) is 5.26 Å². The Balaban J connectivity index is 2.27. The Hall–Kier alpha value is -0.590. The highest BCUT2D eigenvalue weighted by molar-refractivity contribution is 4.92. The van der Waals surface area contributed by atoms with Gasteiger partial charge in [0.1, 0.15) is 6.04 Å². The summed E-state index contributed by atoms with van der Waals surface area (Å²) in [5, 5.41) is 12.2. The summed E-state index contributed by atoms with van der Waals surface area (Å²) in [4.78, 5) is 2.40. The molecule has 1 atom stereocenters. The lowest BCUT2D eigenvalue weighted by molar-refractivity contribution is 0.178. The quantitative estimate of drug-likeness (QED) is 0.692. The molecule has 0 aromatic heterocycles. The summed E-state index contributed by atoms with van der Waals surface area (Å²) in [5.74, 6) is 0.894. The van der Waals surface area contributed by atoms with Crippen LogP contribution in [0.3, 0.4) is 0 Å². The van der Waals surface area contributed by atoms with Crippen LogP contribution < -0.4 is 5.32 Å². The maximum absolute atomic E-state index is 8.97. The Morgan fingerprint density at radius 2 is 2.20 bits per heavy atom. The molecule has 1 aliphatic rings. The highest BCUT2D eigenvalue weighted by Gasteiger charge is 2.21. The van der Waals surface area contributed by atoms with Gasteiger partial charge < -0.3 is 10.2 Å². The van der Waals surface area contributed by atoms with Crippen LogP contribution in [0.15, 0.2) is 0 Å². The van der Waals surface area contributed by atoms with E-state index in [1.807, 2.05) is 6.92 Å². The molecular weight excluding hydrogens is 186 g/mol. The van der Waals surface area contributed by atoms with Gasteiger partial charge in [0, 0.05) is 13.1 Å². The van der Waals surface area contributed by atoms with E-state index in [0.29, 0.717) is 0 Å². The second kappa shape index (κ2) is 6.81. The molecule has 0 heterocycles. The molecule has 0 saturated heterocycles. The van der Waals surface area contributed by atoms with Crippen LogP contribution in [0.5, 0.6) is 0 Å². The average molecular weight is 209 g/mol. The lowest BCUT2D eigenvalue weighted by Gasteiger charge is -2.32. The van der Waals surface area contributed by atoms with E-state index in [1.54, 1.807) is 0 Å². The maximum atomic E-state index is 8.97. The third-order valence-corrected chi connectivity index (χ3v) is 3.24. The zero-order valence-corrected chi connectivity index (χ0v) is 10.00. The topological polar surface area (TPSA) is 39.1 Å². The normalized spacial score (nSPS) is 18.5. The van der Waals surface area contributed by atoms with Crippen molar-refractivity contribution in [1.29, 1.82) is 5.26 Å². The largest absolute Gasteiger partial charge is 0.301 e. The fourth-order valence-corrected chi connectivity index (χ4v) is 2.03. The van der Waals surface area contributed by atoms with Gasteiger partial charge in [0.05, 0.1) is 6.07 Å². The molecule has 0 radical (unpaired) electrons. The van der Waals surface area contributed by atoms with E-state index in [2.05, 4.69) is 23.2 Å². The number of hydrogen-bond donors (Lipinski definition) is 1.